The molecular formula is C14H12N2O3. The Balaban J connectivity index is 2.09. The summed E-state index contributed by atoms with van der Waals surface area (Å²) in [6, 6.07) is 11.6. The molecule has 2 aromatic rings. The summed E-state index contributed by atoms with van der Waals surface area (Å²) in [7, 11) is 0. The van der Waals surface area contributed by atoms with Crippen LogP contribution in [0.1, 0.15) is 15.9 Å². The molecule has 0 spiro atoms. The summed E-state index contributed by atoms with van der Waals surface area (Å²) < 4.78 is 0. The molecule has 2 N–H and O–H groups in total. The van der Waals surface area contributed by atoms with E-state index in [4.69, 9.17) is 5.11 Å². The number of amides is 1. The van der Waals surface area contributed by atoms with E-state index in [2.05, 4.69) is 10.3 Å². The number of nitrogens with zero attached hydrogens (tertiary/aromatic N) is 1. The van der Waals surface area contributed by atoms with Crippen LogP contribution in [0, 0.1) is 0 Å². The summed E-state index contributed by atoms with van der Waals surface area (Å²) in [5.41, 5.74) is 0.613. The second kappa shape index (κ2) is 5.77. The quantitative estimate of drug-likeness (QED) is 0.876. The van der Waals surface area contributed by atoms with Crippen LogP contribution in [-0.4, -0.2) is 22.0 Å². The normalized spacial score (nSPS) is 9.89. The van der Waals surface area contributed by atoms with Crippen molar-refractivity contribution in [3.63, 3.8) is 0 Å². The fraction of sp³-hybridized carbons (Fsp3) is 0.0714. The van der Waals surface area contributed by atoms with Crippen molar-refractivity contribution < 1.29 is 14.7 Å². The predicted octanol–water partition coefficient (Wildman–Crippen LogP) is 1.96. The Labute approximate surface area is 109 Å². The highest BCUT2D eigenvalue weighted by molar-refractivity contribution is 5.95. The summed E-state index contributed by atoms with van der Waals surface area (Å²) in [4.78, 5) is 26.8. The van der Waals surface area contributed by atoms with E-state index < -0.39 is 5.97 Å². The van der Waals surface area contributed by atoms with Crippen LogP contribution in [0.4, 0.5) is 5.82 Å². The monoisotopic (exact) mass is 256 g/mol. The average Bonchev–Trinajstić information content (AvgIpc) is 2.40. The number of carbonyl (C=O) groups excluding carboxylic acids is 1. The van der Waals surface area contributed by atoms with Crippen LogP contribution >= 0.6 is 0 Å². The molecule has 1 heterocycles. The highest BCUT2D eigenvalue weighted by atomic mass is 16.4. The number of carbonyl (C=O) groups is 2. The topological polar surface area (TPSA) is 79.3 Å². The number of carboxylic acids is 1. The molecule has 0 fully saturated rings. The van der Waals surface area contributed by atoms with Gasteiger partial charge in [-0.3, -0.25) is 4.79 Å². The SMILES string of the molecule is O=C(Cc1ccccc1C(=O)O)Nc1ccccn1. The van der Waals surface area contributed by atoms with E-state index in [0.29, 0.717) is 11.4 Å². The van der Waals surface area contributed by atoms with Crippen molar-refractivity contribution in [3.05, 3.63) is 59.8 Å². The van der Waals surface area contributed by atoms with Crippen LogP contribution in [-0.2, 0) is 11.2 Å². The van der Waals surface area contributed by atoms with Crippen LogP contribution in [0.3, 0.4) is 0 Å². The predicted molar refractivity (Wildman–Crippen MR) is 70.0 cm³/mol. The largest absolute Gasteiger partial charge is 0.478 e. The van der Waals surface area contributed by atoms with Gasteiger partial charge in [0.05, 0.1) is 12.0 Å². The number of aromatic nitrogens is 1. The van der Waals surface area contributed by atoms with Crippen molar-refractivity contribution in [3.8, 4) is 0 Å². The molecule has 0 bridgehead atoms. The van der Waals surface area contributed by atoms with Crippen LogP contribution in [0.15, 0.2) is 48.7 Å². The van der Waals surface area contributed by atoms with Crippen LogP contribution in [0.2, 0.25) is 0 Å². The van der Waals surface area contributed by atoms with E-state index in [-0.39, 0.29) is 17.9 Å². The molecule has 96 valence electrons. The highest BCUT2D eigenvalue weighted by Gasteiger charge is 2.12. The minimum Gasteiger partial charge on any atom is -0.478 e. The average molecular weight is 256 g/mol. The Morgan fingerprint density at radius 3 is 2.53 bits per heavy atom. The standard InChI is InChI=1S/C14H12N2O3/c17-13(16-12-7-3-4-8-15-12)9-10-5-1-2-6-11(10)14(18)19/h1-8H,9H2,(H,18,19)(H,15,16,17). The van der Waals surface area contributed by atoms with E-state index in [0.717, 1.165) is 0 Å². The second-order valence-electron chi connectivity index (χ2n) is 3.90. The lowest BCUT2D eigenvalue weighted by molar-refractivity contribution is -0.115. The van der Waals surface area contributed by atoms with Crippen molar-refractivity contribution >= 4 is 17.7 Å². The molecule has 0 saturated carbocycles. The Bertz CT molecular complexity index is 597. The van der Waals surface area contributed by atoms with Crippen molar-refractivity contribution in [1.82, 2.24) is 4.98 Å². The minimum atomic E-state index is -1.04. The van der Waals surface area contributed by atoms with Gasteiger partial charge < -0.3 is 10.4 Å². The molecule has 5 nitrogen and oxygen atoms in total. The van der Waals surface area contributed by atoms with Crippen molar-refractivity contribution in [1.29, 1.82) is 0 Å². The number of aromatic carboxylic acids is 1. The summed E-state index contributed by atoms with van der Waals surface area (Å²) in [5.74, 6) is -0.894. The third-order valence-corrected chi connectivity index (χ3v) is 2.53. The fourth-order valence-corrected chi connectivity index (χ4v) is 1.68. The van der Waals surface area contributed by atoms with E-state index in [1.54, 1.807) is 42.6 Å². The molecule has 1 amide bonds. The number of pyridine rings is 1. The van der Waals surface area contributed by atoms with Gasteiger partial charge in [0.15, 0.2) is 0 Å². The first kappa shape index (κ1) is 12.8. The zero-order valence-electron chi connectivity index (χ0n) is 10.0. The first-order valence-corrected chi connectivity index (χ1v) is 5.69. The van der Waals surface area contributed by atoms with E-state index in [9.17, 15) is 9.59 Å². The molecule has 5 heteroatoms. The fourth-order valence-electron chi connectivity index (χ4n) is 1.68. The summed E-state index contributed by atoms with van der Waals surface area (Å²) >= 11 is 0. The number of anilines is 1. The van der Waals surface area contributed by atoms with Crippen LogP contribution in [0.5, 0.6) is 0 Å². The maximum absolute atomic E-state index is 11.8. The van der Waals surface area contributed by atoms with Gasteiger partial charge in [-0.1, -0.05) is 24.3 Å². The van der Waals surface area contributed by atoms with Gasteiger partial charge in [-0.25, -0.2) is 9.78 Å². The Kier molecular flexibility index (Phi) is 3.87. The summed E-state index contributed by atoms with van der Waals surface area (Å²) in [6.07, 6.45) is 1.57. The molecule has 1 aromatic heterocycles. The molecule has 0 atom stereocenters. The zero-order chi connectivity index (χ0) is 13.7. The number of benzene rings is 1. The summed E-state index contributed by atoms with van der Waals surface area (Å²) in [6.45, 7) is 0. The molecule has 0 aliphatic rings. The zero-order valence-corrected chi connectivity index (χ0v) is 10.0. The van der Waals surface area contributed by atoms with Crippen molar-refractivity contribution in [2.45, 2.75) is 6.42 Å². The van der Waals surface area contributed by atoms with Gasteiger partial charge in [0.2, 0.25) is 5.91 Å². The van der Waals surface area contributed by atoms with Gasteiger partial charge >= 0.3 is 5.97 Å². The van der Waals surface area contributed by atoms with Gasteiger partial charge in [0.25, 0.3) is 0 Å². The number of hydrogen-bond donors (Lipinski definition) is 2. The summed E-state index contributed by atoms with van der Waals surface area (Å²) in [5, 5.41) is 11.6. The molecule has 0 radical (unpaired) electrons. The second-order valence-corrected chi connectivity index (χ2v) is 3.90. The maximum Gasteiger partial charge on any atom is 0.335 e. The Morgan fingerprint density at radius 1 is 1.11 bits per heavy atom. The molecule has 0 aliphatic carbocycles. The lowest BCUT2D eigenvalue weighted by atomic mass is 10.0. The van der Waals surface area contributed by atoms with Crippen LogP contribution < -0.4 is 5.32 Å². The number of rotatable bonds is 4. The number of carboxylic acid groups (broad SMARTS) is 1. The lowest BCUT2D eigenvalue weighted by Gasteiger charge is -2.06. The van der Waals surface area contributed by atoms with Crippen LogP contribution in [0.25, 0.3) is 0 Å². The Hall–Kier alpha value is -2.69. The van der Waals surface area contributed by atoms with Gasteiger partial charge in [-0.05, 0) is 23.8 Å². The number of nitrogens with one attached hydrogen (secondary N) is 1. The molecular weight excluding hydrogens is 244 g/mol. The third kappa shape index (κ3) is 3.38. The Morgan fingerprint density at radius 2 is 1.84 bits per heavy atom. The third-order valence-electron chi connectivity index (χ3n) is 2.53. The maximum atomic E-state index is 11.8. The lowest BCUT2D eigenvalue weighted by Crippen LogP contribution is -2.17. The van der Waals surface area contributed by atoms with E-state index in [1.807, 2.05) is 0 Å². The van der Waals surface area contributed by atoms with Gasteiger partial charge in [-0.15, -0.1) is 0 Å². The first-order chi connectivity index (χ1) is 9.16. The van der Waals surface area contributed by atoms with E-state index in [1.165, 1.54) is 6.07 Å². The number of hydrogen-bond acceptors (Lipinski definition) is 3. The molecule has 0 aliphatic heterocycles. The smallest absolute Gasteiger partial charge is 0.335 e. The van der Waals surface area contributed by atoms with E-state index >= 15 is 0 Å². The van der Waals surface area contributed by atoms with Gasteiger partial charge in [-0.2, -0.15) is 0 Å². The highest BCUT2D eigenvalue weighted by Crippen LogP contribution is 2.10. The van der Waals surface area contributed by atoms with Gasteiger partial charge in [0, 0.05) is 6.20 Å². The molecule has 2 rings (SSSR count). The molecule has 0 saturated heterocycles. The molecule has 0 unspecified atom stereocenters. The van der Waals surface area contributed by atoms with Gasteiger partial charge in [0.1, 0.15) is 5.82 Å². The first-order valence-electron chi connectivity index (χ1n) is 5.69. The molecule has 1 aromatic carbocycles. The van der Waals surface area contributed by atoms with Crippen molar-refractivity contribution in [2.24, 2.45) is 0 Å². The molecule has 19 heavy (non-hydrogen) atoms. The van der Waals surface area contributed by atoms with Crippen molar-refractivity contribution in [2.75, 3.05) is 5.32 Å². The minimum absolute atomic E-state index is 0.000945.